The Hall–Kier alpha value is -1.63. The van der Waals surface area contributed by atoms with Crippen molar-refractivity contribution in [2.24, 2.45) is 0 Å². The Morgan fingerprint density at radius 2 is 2.22 bits per heavy atom. The molecule has 3 atom stereocenters. The number of nitrogens with zero attached hydrogens (tertiary/aromatic N) is 1. The Morgan fingerprint density at radius 3 is 2.96 bits per heavy atom. The first kappa shape index (κ1) is 20.1. The van der Waals surface area contributed by atoms with E-state index in [1.54, 1.807) is 0 Å². The Labute approximate surface area is 166 Å². The van der Waals surface area contributed by atoms with E-state index in [1.165, 1.54) is 0 Å². The summed E-state index contributed by atoms with van der Waals surface area (Å²) in [7, 11) is 0. The average Bonchev–Trinajstić information content (AvgIpc) is 3.04. The van der Waals surface area contributed by atoms with Crippen LogP contribution in [0.1, 0.15) is 38.7 Å². The molecule has 0 aromatic heterocycles. The fourth-order valence-electron chi connectivity index (χ4n) is 3.99. The highest BCUT2D eigenvalue weighted by Gasteiger charge is 2.43. The van der Waals surface area contributed by atoms with Crippen LogP contribution in [0.15, 0.2) is 24.3 Å². The lowest BCUT2D eigenvalue weighted by Crippen LogP contribution is -2.58. The number of fused-ring (bicyclic) bond motifs is 1. The predicted octanol–water partition coefficient (Wildman–Crippen LogP) is 1.68. The van der Waals surface area contributed by atoms with Gasteiger partial charge in [0.05, 0.1) is 6.04 Å². The van der Waals surface area contributed by atoms with E-state index in [2.05, 4.69) is 20.9 Å². The first-order valence-corrected chi connectivity index (χ1v) is 10.1. The van der Waals surface area contributed by atoms with E-state index in [0.717, 1.165) is 36.5 Å². The van der Waals surface area contributed by atoms with Gasteiger partial charge in [0.1, 0.15) is 0 Å². The van der Waals surface area contributed by atoms with Crippen molar-refractivity contribution in [1.29, 1.82) is 0 Å². The molecule has 2 heterocycles. The van der Waals surface area contributed by atoms with Crippen LogP contribution in [0.4, 0.5) is 0 Å². The molecule has 2 amide bonds. The molecule has 7 heteroatoms. The zero-order chi connectivity index (χ0) is 19.4. The fourth-order valence-corrected chi connectivity index (χ4v) is 4.21. The van der Waals surface area contributed by atoms with E-state index in [0.29, 0.717) is 13.0 Å². The van der Waals surface area contributed by atoms with Crippen LogP contribution in [0.3, 0.4) is 0 Å². The van der Waals surface area contributed by atoms with E-state index in [4.69, 9.17) is 11.6 Å². The fraction of sp³-hybridized carbons (Fsp3) is 0.600. The molecule has 2 aliphatic rings. The van der Waals surface area contributed by atoms with Crippen LogP contribution in [0.2, 0.25) is 5.02 Å². The first-order valence-electron chi connectivity index (χ1n) is 9.73. The maximum atomic E-state index is 12.3. The molecule has 0 spiro atoms. The van der Waals surface area contributed by atoms with Gasteiger partial charge in [-0.05, 0) is 44.4 Å². The maximum absolute atomic E-state index is 12.3. The number of amides is 2. The van der Waals surface area contributed by atoms with Crippen molar-refractivity contribution in [2.75, 3.05) is 13.1 Å². The molecule has 0 aliphatic carbocycles. The number of rotatable bonds is 7. The van der Waals surface area contributed by atoms with Crippen molar-refractivity contribution in [3.8, 4) is 0 Å². The van der Waals surface area contributed by atoms with E-state index >= 15 is 0 Å². The van der Waals surface area contributed by atoms with Gasteiger partial charge in [0.25, 0.3) is 0 Å². The minimum Gasteiger partial charge on any atom is -0.354 e. The Kier molecular flexibility index (Phi) is 6.73. The number of hydrogen-bond acceptors (Lipinski definition) is 4. The third-order valence-corrected chi connectivity index (χ3v) is 5.50. The molecule has 2 saturated heterocycles. The molecule has 3 rings (SSSR count). The van der Waals surface area contributed by atoms with Gasteiger partial charge in [-0.15, -0.1) is 0 Å². The van der Waals surface area contributed by atoms with E-state index in [9.17, 15) is 9.59 Å². The molecular formula is C20H29ClN4O2. The van der Waals surface area contributed by atoms with Crippen LogP contribution in [0.5, 0.6) is 0 Å². The van der Waals surface area contributed by atoms with Gasteiger partial charge in [0.15, 0.2) is 0 Å². The van der Waals surface area contributed by atoms with Crippen molar-refractivity contribution in [3.63, 3.8) is 0 Å². The number of carbonyl (C=O) groups is 2. The second-order valence-electron chi connectivity index (χ2n) is 7.82. The smallest absolute Gasteiger partial charge is 0.237 e. The third-order valence-electron chi connectivity index (χ3n) is 5.26. The molecule has 3 N–H and O–H groups in total. The van der Waals surface area contributed by atoms with Crippen LogP contribution in [0.25, 0.3) is 0 Å². The largest absolute Gasteiger partial charge is 0.354 e. The highest BCUT2D eigenvalue weighted by atomic mass is 35.5. The summed E-state index contributed by atoms with van der Waals surface area (Å²) in [6, 6.07) is 8.34. The molecule has 0 unspecified atom stereocenters. The molecule has 2 aliphatic heterocycles. The summed E-state index contributed by atoms with van der Waals surface area (Å²) >= 11 is 6.05. The van der Waals surface area contributed by atoms with Gasteiger partial charge in [-0.1, -0.05) is 23.7 Å². The summed E-state index contributed by atoms with van der Waals surface area (Å²) in [5.74, 6) is 0.179. The molecule has 0 bridgehead atoms. The van der Waals surface area contributed by atoms with E-state index in [-0.39, 0.29) is 36.0 Å². The summed E-state index contributed by atoms with van der Waals surface area (Å²) in [5.41, 5.74) is 1.14. The van der Waals surface area contributed by atoms with E-state index in [1.807, 2.05) is 38.1 Å². The zero-order valence-corrected chi connectivity index (χ0v) is 16.8. The topological polar surface area (TPSA) is 73.5 Å². The van der Waals surface area contributed by atoms with Gasteiger partial charge in [-0.25, -0.2) is 0 Å². The minimum atomic E-state index is -0.103. The lowest BCUT2D eigenvalue weighted by molar-refractivity contribution is -0.129. The third kappa shape index (κ3) is 5.43. The molecular weight excluding hydrogens is 364 g/mol. The standard InChI is InChI=1S/C20H29ClN4O2/c1-13(2)24-19(26)7-6-17-11-23-20(27)18-9-16(12-25(17)18)22-10-14-4-3-5-15(21)8-14/h3-5,8,13,16-18,22H,6-7,9-12H2,1-2H3,(H,23,27)(H,24,26)/t16-,17-,18+/m0/s1. The summed E-state index contributed by atoms with van der Waals surface area (Å²) in [4.78, 5) is 26.5. The number of nitrogens with one attached hydrogen (secondary N) is 3. The second-order valence-corrected chi connectivity index (χ2v) is 8.25. The molecule has 0 radical (unpaired) electrons. The summed E-state index contributed by atoms with van der Waals surface area (Å²) in [5, 5.41) is 10.2. The average molecular weight is 393 g/mol. The number of piperazine rings is 1. The summed E-state index contributed by atoms with van der Waals surface area (Å²) in [6.07, 6.45) is 2.04. The normalized spacial score (nSPS) is 25.3. The molecule has 148 valence electrons. The molecule has 1 aromatic rings. The Bertz CT molecular complexity index is 682. The second kappa shape index (κ2) is 9.04. The van der Waals surface area contributed by atoms with Crippen molar-refractivity contribution in [1.82, 2.24) is 20.9 Å². The monoisotopic (exact) mass is 392 g/mol. The number of benzene rings is 1. The highest BCUT2D eigenvalue weighted by molar-refractivity contribution is 6.30. The quantitative estimate of drug-likeness (QED) is 0.660. The van der Waals surface area contributed by atoms with Gasteiger partial charge in [-0.3, -0.25) is 14.5 Å². The molecule has 0 saturated carbocycles. The minimum absolute atomic E-state index is 0.0771. The Balaban J connectivity index is 1.54. The van der Waals surface area contributed by atoms with Gasteiger partial charge < -0.3 is 16.0 Å². The number of carbonyl (C=O) groups excluding carboxylic acids is 2. The first-order chi connectivity index (χ1) is 12.9. The molecule has 2 fully saturated rings. The predicted molar refractivity (Wildman–Crippen MR) is 107 cm³/mol. The van der Waals surface area contributed by atoms with Gasteiger partial charge in [-0.2, -0.15) is 0 Å². The molecule has 27 heavy (non-hydrogen) atoms. The lowest BCUT2D eigenvalue weighted by atomic mass is 10.0. The van der Waals surface area contributed by atoms with Gasteiger partial charge in [0, 0.05) is 49.2 Å². The summed E-state index contributed by atoms with van der Waals surface area (Å²) < 4.78 is 0. The lowest BCUT2D eigenvalue weighted by Gasteiger charge is -2.37. The van der Waals surface area contributed by atoms with Gasteiger partial charge >= 0.3 is 0 Å². The van der Waals surface area contributed by atoms with Crippen molar-refractivity contribution >= 4 is 23.4 Å². The zero-order valence-electron chi connectivity index (χ0n) is 16.0. The molecule has 6 nitrogen and oxygen atoms in total. The SMILES string of the molecule is CC(C)NC(=O)CC[C@H]1CNC(=O)[C@H]2C[C@H](NCc3cccc(Cl)c3)CN12. The molecule has 1 aromatic carbocycles. The van der Waals surface area contributed by atoms with Crippen molar-refractivity contribution in [3.05, 3.63) is 34.9 Å². The van der Waals surface area contributed by atoms with Crippen LogP contribution >= 0.6 is 11.6 Å². The summed E-state index contributed by atoms with van der Waals surface area (Å²) in [6.45, 7) is 6.10. The maximum Gasteiger partial charge on any atom is 0.237 e. The number of halogens is 1. The van der Waals surface area contributed by atoms with Crippen LogP contribution in [0, 0.1) is 0 Å². The van der Waals surface area contributed by atoms with Crippen LogP contribution < -0.4 is 16.0 Å². The number of hydrogen-bond donors (Lipinski definition) is 3. The van der Waals surface area contributed by atoms with Crippen LogP contribution in [-0.4, -0.2) is 54.0 Å². The van der Waals surface area contributed by atoms with Crippen LogP contribution in [-0.2, 0) is 16.1 Å². The van der Waals surface area contributed by atoms with Crippen molar-refractivity contribution in [2.45, 2.75) is 63.8 Å². The Morgan fingerprint density at radius 1 is 1.41 bits per heavy atom. The van der Waals surface area contributed by atoms with Gasteiger partial charge in [0.2, 0.25) is 11.8 Å². The van der Waals surface area contributed by atoms with E-state index < -0.39 is 0 Å². The highest BCUT2D eigenvalue weighted by Crippen LogP contribution is 2.26. The van der Waals surface area contributed by atoms with Crippen molar-refractivity contribution < 1.29 is 9.59 Å².